The summed E-state index contributed by atoms with van der Waals surface area (Å²) in [5, 5.41) is 0.595. The maximum Gasteiger partial charge on any atom is 0.253 e. The van der Waals surface area contributed by atoms with E-state index in [1.807, 2.05) is 29.2 Å². The lowest BCUT2D eigenvalue weighted by atomic mass is 9.96. The van der Waals surface area contributed by atoms with Crippen LogP contribution in [0.2, 0.25) is 5.02 Å². The van der Waals surface area contributed by atoms with E-state index in [-0.39, 0.29) is 24.4 Å². The van der Waals surface area contributed by atoms with E-state index in [1.165, 1.54) is 11.1 Å². The van der Waals surface area contributed by atoms with Crippen LogP contribution in [0.25, 0.3) is 0 Å². The number of hydrogen-bond donors (Lipinski definition) is 0. The fourth-order valence-electron chi connectivity index (χ4n) is 3.87. The molecule has 1 heterocycles. The standard InChI is InChI=1S/C24H23ClN2O.ClH/c25-22-13-7-12-21(18-22)24(28)27-16-14-26(15-17-27)23(19-8-3-1-4-9-19)20-10-5-2-6-11-20;/h1-13,18,23H,14-17H2;1H. The highest BCUT2D eigenvalue weighted by Crippen LogP contribution is 2.29. The number of halogens is 2. The SMILES string of the molecule is Cl.O=C(c1cccc(Cl)c1)N1CCN(C(c2ccccc2)c2ccccc2)CC1. The summed E-state index contributed by atoms with van der Waals surface area (Å²) in [6.07, 6.45) is 0. The zero-order valence-corrected chi connectivity index (χ0v) is 17.6. The highest BCUT2D eigenvalue weighted by atomic mass is 35.5. The first-order chi connectivity index (χ1) is 13.7. The summed E-state index contributed by atoms with van der Waals surface area (Å²) >= 11 is 6.05. The van der Waals surface area contributed by atoms with E-state index in [2.05, 4.69) is 53.4 Å². The van der Waals surface area contributed by atoms with Gasteiger partial charge in [0.1, 0.15) is 0 Å². The minimum absolute atomic E-state index is 0. The second kappa shape index (κ2) is 9.93. The predicted octanol–water partition coefficient (Wildman–Crippen LogP) is 5.31. The highest BCUT2D eigenvalue weighted by molar-refractivity contribution is 6.30. The first-order valence-corrected chi connectivity index (χ1v) is 9.99. The third-order valence-corrected chi connectivity index (χ3v) is 5.50. The number of nitrogens with zero attached hydrogens (tertiary/aromatic N) is 2. The number of benzene rings is 3. The Morgan fingerprint density at radius 1 is 0.759 bits per heavy atom. The molecule has 0 radical (unpaired) electrons. The van der Waals surface area contributed by atoms with Crippen LogP contribution in [-0.2, 0) is 0 Å². The molecule has 1 fully saturated rings. The quantitative estimate of drug-likeness (QED) is 0.564. The van der Waals surface area contributed by atoms with E-state index in [1.54, 1.807) is 12.1 Å². The molecule has 1 aliphatic rings. The molecule has 3 nitrogen and oxygen atoms in total. The molecular weight excluding hydrogens is 403 g/mol. The van der Waals surface area contributed by atoms with Gasteiger partial charge in [-0.15, -0.1) is 12.4 Å². The van der Waals surface area contributed by atoms with Crippen molar-refractivity contribution in [3.63, 3.8) is 0 Å². The van der Waals surface area contributed by atoms with Crippen molar-refractivity contribution in [2.45, 2.75) is 6.04 Å². The summed E-state index contributed by atoms with van der Waals surface area (Å²) in [4.78, 5) is 17.2. The molecule has 150 valence electrons. The summed E-state index contributed by atoms with van der Waals surface area (Å²) in [5.74, 6) is 0.0538. The van der Waals surface area contributed by atoms with Gasteiger partial charge in [-0.2, -0.15) is 0 Å². The molecule has 0 N–H and O–H groups in total. The fraction of sp³-hybridized carbons (Fsp3) is 0.208. The fourth-order valence-corrected chi connectivity index (χ4v) is 4.06. The summed E-state index contributed by atoms with van der Waals surface area (Å²) < 4.78 is 0. The Bertz CT molecular complexity index is 886. The third-order valence-electron chi connectivity index (χ3n) is 5.27. The molecule has 1 saturated heterocycles. The van der Waals surface area contributed by atoms with E-state index in [0.717, 1.165) is 13.1 Å². The van der Waals surface area contributed by atoms with Crippen molar-refractivity contribution < 1.29 is 4.79 Å². The van der Waals surface area contributed by atoms with E-state index in [9.17, 15) is 4.79 Å². The predicted molar refractivity (Wildman–Crippen MR) is 121 cm³/mol. The number of carbonyl (C=O) groups is 1. The summed E-state index contributed by atoms with van der Waals surface area (Å²) in [5.41, 5.74) is 3.22. The van der Waals surface area contributed by atoms with Crippen molar-refractivity contribution in [2.75, 3.05) is 26.2 Å². The molecule has 0 unspecified atom stereocenters. The van der Waals surface area contributed by atoms with E-state index < -0.39 is 0 Å². The Morgan fingerprint density at radius 2 is 1.31 bits per heavy atom. The van der Waals surface area contributed by atoms with Gasteiger partial charge >= 0.3 is 0 Å². The summed E-state index contributed by atoms with van der Waals surface area (Å²) in [7, 11) is 0. The molecule has 0 atom stereocenters. The van der Waals surface area contributed by atoms with Crippen LogP contribution < -0.4 is 0 Å². The van der Waals surface area contributed by atoms with Gasteiger partial charge in [-0.1, -0.05) is 78.3 Å². The topological polar surface area (TPSA) is 23.6 Å². The van der Waals surface area contributed by atoms with Crippen LogP contribution in [0.5, 0.6) is 0 Å². The maximum atomic E-state index is 12.8. The average molecular weight is 427 g/mol. The van der Waals surface area contributed by atoms with Gasteiger partial charge < -0.3 is 4.90 Å². The molecule has 4 rings (SSSR count). The monoisotopic (exact) mass is 426 g/mol. The highest BCUT2D eigenvalue weighted by Gasteiger charge is 2.28. The minimum Gasteiger partial charge on any atom is -0.336 e. The minimum atomic E-state index is 0. The first kappa shape index (κ1) is 21.4. The molecule has 3 aromatic carbocycles. The Hall–Kier alpha value is -2.33. The van der Waals surface area contributed by atoms with Crippen LogP contribution in [0.3, 0.4) is 0 Å². The average Bonchev–Trinajstić information content (AvgIpc) is 2.75. The van der Waals surface area contributed by atoms with Gasteiger partial charge in [-0.05, 0) is 29.3 Å². The molecule has 29 heavy (non-hydrogen) atoms. The van der Waals surface area contributed by atoms with Crippen molar-refractivity contribution in [1.82, 2.24) is 9.80 Å². The molecule has 0 bridgehead atoms. The van der Waals surface area contributed by atoms with Crippen molar-refractivity contribution in [3.05, 3.63) is 107 Å². The second-order valence-corrected chi connectivity index (χ2v) is 7.50. The van der Waals surface area contributed by atoms with E-state index in [4.69, 9.17) is 11.6 Å². The molecule has 1 amide bonds. The third kappa shape index (κ3) is 4.99. The molecular formula is C24H24Cl2N2O. The molecule has 0 saturated carbocycles. The van der Waals surface area contributed by atoms with Crippen LogP contribution in [0.1, 0.15) is 27.5 Å². The molecule has 3 aromatic rings. The van der Waals surface area contributed by atoms with Crippen molar-refractivity contribution in [3.8, 4) is 0 Å². The lowest BCUT2D eigenvalue weighted by Crippen LogP contribution is -2.49. The Kier molecular flexibility index (Phi) is 7.32. The van der Waals surface area contributed by atoms with Gasteiger partial charge in [0.15, 0.2) is 0 Å². The Morgan fingerprint density at radius 3 is 1.83 bits per heavy atom. The summed E-state index contributed by atoms with van der Waals surface area (Å²) in [6, 6.07) is 28.6. The van der Waals surface area contributed by atoms with Gasteiger partial charge in [-0.25, -0.2) is 0 Å². The van der Waals surface area contributed by atoms with Gasteiger partial charge in [0, 0.05) is 36.8 Å². The molecule has 5 heteroatoms. The van der Waals surface area contributed by atoms with Crippen LogP contribution in [0, 0.1) is 0 Å². The molecule has 0 spiro atoms. The number of hydrogen-bond acceptors (Lipinski definition) is 2. The Balaban J connectivity index is 0.00000240. The largest absolute Gasteiger partial charge is 0.336 e. The number of rotatable bonds is 4. The molecule has 0 aliphatic carbocycles. The lowest BCUT2D eigenvalue weighted by molar-refractivity contribution is 0.0597. The number of amides is 1. The van der Waals surface area contributed by atoms with Crippen molar-refractivity contribution >= 4 is 29.9 Å². The Labute approximate surface area is 183 Å². The van der Waals surface area contributed by atoms with Gasteiger partial charge in [0.2, 0.25) is 0 Å². The van der Waals surface area contributed by atoms with Gasteiger partial charge in [0.25, 0.3) is 5.91 Å². The lowest BCUT2D eigenvalue weighted by Gasteiger charge is -2.39. The van der Waals surface area contributed by atoms with Gasteiger partial charge in [0.05, 0.1) is 6.04 Å². The molecule has 0 aromatic heterocycles. The van der Waals surface area contributed by atoms with Crippen LogP contribution >= 0.6 is 24.0 Å². The van der Waals surface area contributed by atoms with Gasteiger partial charge in [-0.3, -0.25) is 9.69 Å². The number of carbonyl (C=O) groups excluding carboxylic acids is 1. The normalized spacial score (nSPS) is 14.5. The smallest absolute Gasteiger partial charge is 0.253 e. The van der Waals surface area contributed by atoms with E-state index >= 15 is 0 Å². The van der Waals surface area contributed by atoms with Crippen LogP contribution in [0.4, 0.5) is 0 Å². The van der Waals surface area contributed by atoms with Crippen LogP contribution in [-0.4, -0.2) is 41.9 Å². The molecule has 1 aliphatic heterocycles. The number of piperazine rings is 1. The van der Waals surface area contributed by atoms with E-state index in [0.29, 0.717) is 23.7 Å². The van der Waals surface area contributed by atoms with Crippen LogP contribution in [0.15, 0.2) is 84.9 Å². The zero-order valence-electron chi connectivity index (χ0n) is 16.1. The maximum absolute atomic E-state index is 12.8. The summed E-state index contributed by atoms with van der Waals surface area (Å²) in [6.45, 7) is 3.09. The first-order valence-electron chi connectivity index (χ1n) is 9.61. The second-order valence-electron chi connectivity index (χ2n) is 7.06. The van der Waals surface area contributed by atoms with Crippen molar-refractivity contribution in [1.29, 1.82) is 0 Å². The van der Waals surface area contributed by atoms with Crippen molar-refractivity contribution in [2.24, 2.45) is 0 Å². The zero-order chi connectivity index (χ0) is 19.3.